The van der Waals surface area contributed by atoms with E-state index in [9.17, 15) is 0 Å². The molecule has 1 spiro atoms. The van der Waals surface area contributed by atoms with E-state index in [1.807, 2.05) is 0 Å². The van der Waals surface area contributed by atoms with E-state index >= 15 is 0 Å². The Bertz CT molecular complexity index is 5040. The number of anilines is 6. The maximum absolute atomic E-state index is 7.63. The Morgan fingerprint density at radius 1 is 0.292 bits per heavy atom. The largest absolute Gasteiger partial charge is 0.456 e. The molecule has 0 N–H and O–H groups in total. The Balaban J connectivity index is 1.07. The Morgan fingerprint density at radius 2 is 0.730 bits per heavy atom. The summed E-state index contributed by atoms with van der Waals surface area (Å²) in [6.45, 7) is 27.5. The van der Waals surface area contributed by atoms with Crippen molar-refractivity contribution < 1.29 is 8.83 Å². The molecule has 89 heavy (non-hydrogen) atoms. The second-order valence-corrected chi connectivity index (χ2v) is 29.3. The summed E-state index contributed by atoms with van der Waals surface area (Å²) in [4.78, 5) is 4.97. The molecule has 0 fully saturated rings. The van der Waals surface area contributed by atoms with Crippen LogP contribution in [0.2, 0.25) is 0 Å². The molecule has 0 amide bonds. The molecule has 12 aromatic carbocycles. The molecule has 2 aliphatic rings. The summed E-state index contributed by atoms with van der Waals surface area (Å²) in [6.07, 6.45) is 0. The molecule has 0 unspecified atom stereocenters. The highest BCUT2D eigenvalue weighted by atomic mass is 16.3. The summed E-state index contributed by atoms with van der Waals surface area (Å²) >= 11 is 0. The quantitative estimate of drug-likeness (QED) is 0.166. The van der Waals surface area contributed by atoms with Gasteiger partial charge in [-0.15, -0.1) is 0 Å². The zero-order chi connectivity index (χ0) is 61.3. The first kappa shape index (κ1) is 54.7. The lowest BCUT2D eigenvalue weighted by Gasteiger charge is -2.34. The third-order valence-electron chi connectivity index (χ3n) is 19.7. The molecule has 436 valence electrons. The van der Waals surface area contributed by atoms with Crippen LogP contribution < -0.4 is 9.80 Å². The van der Waals surface area contributed by atoms with Gasteiger partial charge >= 0.3 is 0 Å². The van der Waals surface area contributed by atoms with Crippen molar-refractivity contribution >= 4 is 99.5 Å². The third kappa shape index (κ3) is 8.25. The molecule has 14 aromatic rings. The minimum absolute atomic E-state index is 0.00214. The van der Waals surface area contributed by atoms with Crippen molar-refractivity contribution in [3.05, 3.63) is 275 Å². The van der Waals surface area contributed by atoms with Crippen molar-refractivity contribution in [1.29, 1.82) is 0 Å². The minimum Gasteiger partial charge on any atom is -0.456 e. The molecule has 4 heteroatoms. The van der Waals surface area contributed by atoms with Crippen molar-refractivity contribution in [1.82, 2.24) is 0 Å². The lowest BCUT2D eigenvalue weighted by atomic mass is 9.69. The van der Waals surface area contributed by atoms with Crippen LogP contribution in [0.15, 0.2) is 239 Å². The molecule has 2 heterocycles. The fourth-order valence-corrected chi connectivity index (χ4v) is 15.1. The number of hydrogen-bond acceptors (Lipinski definition) is 4. The SMILES string of the molecule is CC(C)(C)c1ccc(N(c2ccc(C(C)(C)C)cc2)c2ccc3c4c(c5oc6ccccc6c5c3c2)-c2c(cc(N(c3ccc(C(C)(C)C)cc3)c3ccc(C(C)(C)C)cc3)c3cc5c(cc23)oc2ccccc25)C42c3ccccc3-c3ccccc32)cc1. The van der Waals surface area contributed by atoms with Gasteiger partial charge in [0.25, 0.3) is 0 Å². The van der Waals surface area contributed by atoms with E-state index in [1.165, 1.54) is 61.0 Å². The van der Waals surface area contributed by atoms with E-state index in [0.29, 0.717) is 0 Å². The molecule has 0 aliphatic heterocycles. The van der Waals surface area contributed by atoms with Crippen LogP contribution in [0.5, 0.6) is 0 Å². The number of para-hydroxylation sites is 2. The highest BCUT2D eigenvalue weighted by Crippen LogP contribution is 2.68. The van der Waals surface area contributed by atoms with Gasteiger partial charge in [0, 0.05) is 60.9 Å². The Morgan fingerprint density at radius 3 is 1.24 bits per heavy atom. The number of hydrogen-bond donors (Lipinski definition) is 0. The van der Waals surface area contributed by atoms with E-state index in [0.717, 1.165) is 105 Å². The Hall–Kier alpha value is -9.64. The van der Waals surface area contributed by atoms with Crippen molar-refractivity contribution in [2.45, 2.75) is 110 Å². The average molecular weight is 1160 g/mol. The van der Waals surface area contributed by atoms with E-state index in [-0.39, 0.29) is 21.7 Å². The molecule has 0 radical (unpaired) electrons. The van der Waals surface area contributed by atoms with Gasteiger partial charge in [0.15, 0.2) is 0 Å². The van der Waals surface area contributed by atoms with E-state index < -0.39 is 5.41 Å². The molecule has 0 bridgehead atoms. The van der Waals surface area contributed by atoms with Gasteiger partial charge in [-0.1, -0.05) is 223 Å². The van der Waals surface area contributed by atoms with Gasteiger partial charge in [-0.25, -0.2) is 0 Å². The molecule has 0 atom stereocenters. The molecule has 16 rings (SSSR count). The summed E-state index contributed by atoms with van der Waals surface area (Å²) < 4.78 is 14.6. The lowest BCUT2D eigenvalue weighted by Crippen LogP contribution is -2.26. The summed E-state index contributed by atoms with van der Waals surface area (Å²) in [5, 5.41) is 8.91. The highest BCUT2D eigenvalue weighted by molar-refractivity contribution is 6.29. The van der Waals surface area contributed by atoms with Crippen LogP contribution in [0.3, 0.4) is 0 Å². The fourth-order valence-electron chi connectivity index (χ4n) is 15.1. The van der Waals surface area contributed by atoms with E-state index in [4.69, 9.17) is 8.83 Å². The minimum atomic E-state index is -0.820. The predicted octanol–water partition coefficient (Wildman–Crippen LogP) is 24.3. The van der Waals surface area contributed by atoms with Crippen LogP contribution in [0.25, 0.3) is 87.7 Å². The predicted molar refractivity (Wildman–Crippen MR) is 376 cm³/mol. The normalized spacial score (nSPS) is 13.7. The number of rotatable bonds is 6. The second-order valence-electron chi connectivity index (χ2n) is 29.3. The molecule has 2 aromatic heterocycles. The molecular weight excluding hydrogens is 1080 g/mol. The number of furan rings is 2. The third-order valence-corrected chi connectivity index (χ3v) is 19.7. The van der Waals surface area contributed by atoms with Gasteiger partial charge in [0.05, 0.1) is 11.1 Å². The Labute approximate surface area is 522 Å². The Kier molecular flexibility index (Phi) is 11.8. The smallest absolute Gasteiger partial charge is 0.144 e. The number of benzene rings is 12. The molecular formula is C85H74N2O2. The van der Waals surface area contributed by atoms with Gasteiger partial charge in [0.1, 0.15) is 22.3 Å². The molecule has 2 aliphatic carbocycles. The van der Waals surface area contributed by atoms with E-state index in [2.05, 4.69) is 323 Å². The summed E-state index contributed by atoms with van der Waals surface area (Å²) in [5.41, 5.74) is 23.9. The maximum Gasteiger partial charge on any atom is 0.144 e. The van der Waals surface area contributed by atoms with Gasteiger partial charge in [-0.3, -0.25) is 0 Å². The first-order valence-electron chi connectivity index (χ1n) is 31.7. The van der Waals surface area contributed by atoms with Crippen LogP contribution >= 0.6 is 0 Å². The summed E-state index contributed by atoms with van der Waals surface area (Å²) in [5.74, 6) is 0. The van der Waals surface area contributed by atoms with Crippen molar-refractivity contribution in [3.63, 3.8) is 0 Å². The van der Waals surface area contributed by atoms with Crippen LogP contribution in [0.1, 0.15) is 128 Å². The molecule has 4 nitrogen and oxygen atoms in total. The summed E-state index contributed by atoms with van der Waals surface area (Å²) in [6, 6.07) is 87.3. The van der Waals surface area contributed by atoms with Crippen molar-refractivity contribution in [2.75, 3.05) is 9.80 Å². The van der Waals surface area contributed by atoms with Crippen molar-refractivity contribution in [3.8, 4) is 22.3 Å². The topological polar surface area (TPSA) is 32.8 Å². The molecule has 0 saturated carbocycles. The average Bonchev–Trinajstić information content (AvgIpc) is 1.49. The van der Waals surface area contributed by atoms with Crippen LogP contribution in [0, 0.1) is 0 Å². The highest BCUT2D eigenvalue weighted by Gasteiger charge is 2.55. The van der Waals surface area contributed by atoms with E-state index in [1.54, 1.807) is 0 Å². The van der Waals surface area contributed by atoms with Gasteiger partial charge < -0.3 is 18.6 Å². The lowest BCUT2D eigenvalue weighted by molar-refractivity contribution is 0.590. The van der Waals surface area contributed by atoms with Crippen molar-refractivity contribution in [2.24, 2.45) is 0 Å². The van der Waals surface area contributed by atoms with Crippen LogP contribution in [0.4, 0.5) is 34.1 Å². The van der Waals surface area contributed by atoms with Gasteiger partial charge in [0.2, 0.25) is 0 Å². The zero-order valence-corrected chi connectivity index (χ0v) is 53.2. The van der Waals surface area contributed by atoms with Crippen LogP contribution in [-0.2, 0) is 27.1 Å². The number of nitrogens with zero attached hydrogens (tertiary/aromatic N) is 2. The summed E-state index contributed by atoms with van der Waals surface area (Å²) in [7, 11) is 0. The first-order chi connectivity index (χ1) is 42.7. The van der Waals surface area contributed by atoms with Gasteiger partial charge in [-0.2, -0.15) is 0 Å². The second kappa shape index (κ2) is 19.2. The fraction of sp³-hybridized carbons (Fsp3) is 0.200. The van der Waals surface area contributed by atoms with Gasteiger partial charge in [-0.05, 0) is 190 Å². The number of fused-ring (bicyclic) bond motifs is 22. The van der Waals surface area contributed by atoms with Crippen LogP contribution in [-0.4, -0.2) is 0 Å². The maximum atomic E-state index is 7.63. The standard InChI is InChI=1S/C85H74N2O2/c1-81(2,3)51-29-37-55(38-30-51)86(56-39-31-52(32-40-56)82(4,5)6)59-45-46-63-67(47-59)76-64-24-16-20-28-74(64)89-80(76)78-77-68-49-75-66(62-23-15-19-27-73(62)88-75)48-65(68)72(50-71(77)85(79(63)78)69-25-17-13-21-60(69)61-22-14-18-26-70(61)85)87(57-41-33-53(34-42-57)83(7,8)9)58-43-35-54(36-44-58)84(10,11)12/h13-50H,1-12H3. The molecule has 0 saturated heterocycles. The zero-order valence-electron chi connectivity index (χ0n) is 53.2. The monoisotopic (exact) mass is 1150 g/mol. The first-order valence-corrected chi connectivity index (χ1v) is 31.7.